The van der Waals surface area contributed by atoms with Crippen molar-refractivity contribution >= 4 is 29.0 Å². The fourth-order valence-corrected chi connectivity index (χ4v) is 3.79. The van der Waals surface area contributed by atoms with E-state index in [0.29, 0.717) is 28.5 Å². The average molecular weight is 435 g/mol. The topological polar surface area (TPSA) is 72.7 Å². The van der Waals surface area contributed by atoms with E-state index in [-0.39, 0.29) is 23.9 Å². The molecule has 0 radical (unpaired) electrons. The largest absolute Gasteiger partial charge is 0.484 e. The molecule has 0 bridgehead atoms. The number of amides is 1. The van der Waals surface area contributed by atoms with Crippen LogP contribution in [0.1, 0.15) is 5.69 Å². The monoisotopic (exact) mass is 435 g/mol. The Labute approximate surface area is 181 Å². The van der Waals surface area contributed by atoms with Gasteiger partial charge in [0.2, 0.25) is 0 Å². The number of fused-ring (bicyclic) bond motifs is 1. The summed E-state index contributed by atoms with van der Waals surface area (Å²) >= 11 is 1.47. The van der Waals surface area contributed by atoms with E-state index in [0.717, 1.165) is 4.90 Å². The molecule has 31 heavy (non-hydrogen) atoms. The fourth-order valence-electron chi connectivity index (χ4n) is 2.89. The summed E-state index contributed by atoms with van der Waals surface area (Å²) in [6.07, 6.45) is 1.68. The maximum absolute atomic E-state index is 13.0. The van der Waals surface area contributed by atoms with Crippen LogP contribution in [-0.2, 0) is 10.5 Å². The molecule has 2 heterocycles. The van der Waals surface area contributed by atoms with E-state index in [4.69, 9.17) is 4.74 Å². The predicted molar refractivity (Wildman–Crippen MR) is 118 cm³/mol. The normalized spacial score (nSPS) is 10.7. The number of hydrogen-bond acceptors (Lipinski definition) is 5. The number of para-hydroxylation sites is 1. The van der Waals surface area contributed by atoms with Gasteiger partial charge in [0.05, 0.1) is 11.4 Å². The first-order chi connectivity index (χ1) is 15.1. The Balaban J connectivity index is 1.41. The van der Waals surface area contributed by atoms with E-state index in [1.807, 2.05) is 24.3 Å². The van der Waals surface area contributed by atoms with Crippen LogP contribution in [0.5, 0.6) is 5.75 Å². The summed E-state index contributed by atoms with van der Waals surface area (Å²) in [5.74, 6) is 0.179. The van der Waals surface area contributed by atoms with Crippen molar-refractivity contribution in [2.24, 2.45) is 0 Å². The van der Waals surface area contributed by atoms with Crippen LogP contribution < -0.4 is 15.6 Å². The van der Waals surface area contributed by atoms with Gasteiger partial charge in [0, 0.05) is 22.9 Å². The molecule has 0 atom stereocenters. The van der Waals surface area contributed by atoms with Gasteiger partial charge in [-0.25, -0.2) is 9.37 Å². The van der Waals surface area contributed by atoms with Crippen LogP contribution in [0.25, 0.3) is 5.65 Å². The highest BCUT2D eigenvalue weighted by Crippen LogP contribution is 2.29. The fraction of sp³-hybridized carbons (Fsp3) is 0.0870. The summed E-state index contributed by atoms with van der Waals surface area (Å²) in [5, 5.41) is 2.82. The zero-order valence-electron chi connectivity index (χ0n) is 16.3. The first-order valence-electron chi connectivity index (χ1n) is 9.46. The van der Waals surface area contributed by atoms with Crippen molar-refractivity contribution in [1.82, 2.24) is 9.38 Å². The minimum Gasteiger partial charge on any atom is -0.484 e. The molecule has 0 spiro atoms. The van der Waals surface area contributed by atoms with Crippen molar-refractivity contribution in [2.75, 3.05) is 11.9 Å². The van der Waals surface area contributed by atoms with Crippen LogP contribution in [-0.4, -0.2) is 21.9 Å². The van der Waals surface area contributed by atoms with Crippen LogP contribution in [0.15, 0.2) is 88.7 Å². The number of thioether (sulfide) groups is 1. The number of nitrogens with one attached hydrogen (secondary N) is 1. The molecule has 2 aromatic carbocycles. The number of halogens is 1. The highest BCUT2D eigenvalue weighted by Gasteiger charge is 2.10. The number of rotatable bonds is 7. The Kier molecular flexibility index (Phi) is 6.28. The van der Waals surface area contributed by atoms with E-state index in [2.05, 4.69) is 10.3 Å². The molecule has 0 aliphatic carbocycles. The summed E-state index contributed by atoms with van der Waals surface area (Å²) in [7, 11) is 0. The van der Waals surface area contributed by atoms with Gasteiger partial charge in [-0.2, -0.15) is 0 Å². The summed E-state index contributed by atoms with van der Waals surface area (Å²) in [6, 6.07) is 19.7. The Hall–Kier alpha value is -3.65. The van der Waals surface area contributed by atoms with E-state index < -0.39 is 0 Å². The molecule has 0 unspecified atom stereocenters. The zero-order valence-corrected chi connectivity index (χ0v) is 17.1. The number of anilines is 1. The standard InChI is InChI=1S/C23H18FN3O3S/c24-16-8-10-18(11-9-16)30-14-22(28)26-19-5-1-2-6-20(19)31-15-17-13-23(29)27-12-4-3-7-21(27)25-17/h1-13H,14-15H2,(H,26,28). The third-order valence-electron chi connectivity index (χ3n) is 4.34. The van der Waals surface area contributed by atoms with Gasteiger partial charge < -0.3 is 10.1 Å². The van der Waals surface area contributed by atoms with Gasteiger partial charge in [0.25, 0.3) is 11.5 Å². The minimum absolute atomic E-state index is 0.138. The second-order valence-corrected chi connectivity index (χ2v) is 7.61. The molecule has 0 aliphatic rings. The molecule has 1 N–H and O–H groups in total. The van der Waals surface area contributed by atoms with E-state index >= 15 is 0 Å². The smallest absolute Gasteiger partial charge is 0.262 e. The average Bonchev–Trinajstić information content (AvgIpc) is 2.78. The zero-order chi connectivity index (χ0) is 21.6. The number of aromatic nitrogens is 2. The second kappa shape index (κ2) is 9.44. The quantitative estimate of drug-likeness (QED) is 0.442. The van der Waals surface area contributed by atoms with Crippen molar-refractivity contribution in [3.05, 3.63) is 101 Å². The van der Waals surface area contributed by atoms with Gasteiger partial charge in [0.1, 0.15) is 17.2 Å². The van der Waals surface area contributed by atoms with Gasteiger partial charge in [-0.3, -0.25) is 14.0 Å². The summed E-state index contributed by atoms with van der Waals surface area (Å²) in [5.41, 5.74) is 1.74. The number of carbonyl (C=O) groups is 1. The summed E-state index contributed by atoms with van der Waals surface area (Å²) in [4.78, 5) is 29.9. The number of hydrogen-bond donors (Lipinski definition) is 1. The Bertz CT molecular complexity index is 1280. The first kappa shape index (κ1) is 20.6. The maximum Gasteiger partial charge on any atom is 0.262 e. The van der Waals surface area contributed by atoms with Crippen LogP contribution >= 0.6 is 11.8 Å². The molecular formula is C23H18FN3O3S. The first-order valence-corrected chi connectivity index (χ1v) is 10.4. The van der Waals surface area contributed by atoms with E-state index in [1.165, 1.54) is 46.5 Å². The molecule has 4 aromatic rings. The lowest BCUT2D eigenvalue weighted by atomic mass is 10.3. The van der Waals surface area contributed by atoms with Gasteiger partial charge in [-0.15, -0.1) is 11.8 Å². The molecule has 6 nitrogen and oxygen atoms in total. The lowest BCUT2D eigenvalue weighted by Gasteiger charge is -2.11. The molecule has 1 amide bonds. The minimum atomic E-state index is -0.369. The second-order valence-electron chi connectivity index (χ2n) is 6.59. The van der Waals surface area contributed by atoms with Crippen LogP contribution in [0, 0.1) is 5.82 Å². The predicted octanol–water partition coefficient (Wildman–Crippen LogP) is 4.14. The number of nitrogens with zero attached hydrogens (tertiary/aromatic N) is 2. The van der Waals surface area contributed by atoms with Gasteiger partial charge in [-0.05, 0) is 48.5 Å². The van der Waals surface area contributed by atoms with Crippen molar-refractivity contribution in [3.63, 3.8) is 0 Å². The highest BCUT2D eigenvalue weighted by molar-refractivity contribution is 7.98. The van der Waals surface area contributed by atoms with Gasteiger partial charge >= 0.3 is 0 Å². The number of ether oxygens (including phenoxy) is 1. The highest BCUT2D eigenvalue weighted by atomic mass is 32.2. The molecule has 8 heteroatoms. The van der Waals surface area contributed by atoms with Crippen LogP contribution in [0.4, 0.5) is 10.1 Å². The van der Waals surface area contributed by atoms with E-state index in [9.17, 15) is 14.0 Å². The van der Waals surface area contributed by atoms with Crippen molar-refractivity contribution in [1.29, 1.82) is 0 Å². The molecule has 156 valence electrons. The molecule has 0 saturated heterocycles. The third-order valence-corrected chi connectivity index (χ3v) is 5.45. The summed E-state index contributed by atoms with van der Waals surface area (Å²) < 4.78 is 19.8. The Morgan fingerprint density at radius 1 is 1.06 bits per heavy atom. The molecular weight excluding hydrogens is 417 g/mol. The SMILES string of the molecule is O=C(COc1ccc(F)cc1)Nc1ccccc1SCc1cc(=O)n2ccccc2n1. The molecule has 0 saturated carbocycles. The van der Waals surface area contributed by atoms with Crippen molar-refractivity contribution < 1.29 is 13.9 Å². The lowest BCUT2D eigenvalue weighted by molar-refractivity contribution is -0.118. The third kappa shape index (κ3) is 5.29. The Morgan fingerprint density at radius 2 is 1.84 bits per heavy atom. The number of carbonyl (C=O) groups excluding carboxylic acids is 1. The molecule has 0 aliphatic heterocycles. The number of pyridine rings is 1. The molecule has 0 fully saturated rings. The van der Waals surface area contributed by atoms with Gasteiger partial charge in [-0.1, -0.05) is 18.2 Å². The van der Waals surface area contributed by atoms with Crippen LogP contribution in [0.3, 0.4) is 0 Å². The van der Waals surface area contributed by atoms with Gasteiger partial charge in [0.15, 0.2) is 6.61 Å². The van der Waals surface area contributed by atoms with Crippen molar-refractivity contribution in [2.45, 2.75) is 10.6 Å². The maximum atomic E-state index is 13.0. The van der Waals surface area contributed by atoms with E-state index in [1.54, 1.807) is 24.4 Å². The lowest BCUT2D eigenvalue weighted by Crippen LogP contribution is -2.20. The van der Waals surface area contributed by atoms with Crippen molar-refractivity contribution in [3.8, 4) is 5.75 Å². The molecule has 2 aromatic heterocycles. The number of benzene rings is 2. The molecule has 4 rings (SSSR count). The Morgan fingerprint density at radius 3 is 2.68 bits per heavy atom. The summed E-state index contributed by atoms with van der Waals surface area (Å²) in [6.45, 7) is -0.201. The van der Waals surface area contributed by atoms with Crippen LogP contribution in [0.2, 0.25) is 0 Å².